The summed E-state index contributed by atoms with van der Waals surface area (Å²) in [6, 6.07) is 16.0. The number of piperidine rings is 1. The van der Waals surface area contributed by atoms with E-state index in [0.29, 0.717) is 17.5 Å². The molecule has 1 fully saturated rings. The highest BCUT2D eigenvalue weighted by atomic mass is 35.5. The minimum absolute atomic E-state index is 0.0676. The molecule has 0 unspecified atom stereocenters. The number of aromatic amines is 1. The predicted octanol–water partition coefficient (Wildman–Crippen LogP) is 4.35. The summed E-state index contributed by atoms with van der Waals surface area (Å²) < 4.78 is 0. The van der Waals surface area contributed by atoms with Crippen molar-refractivity contribution < 1.29 is 4.79 Å². The van der Waals surface area contributed by atoms with Gasteiger partial charge in [-0.2, -0.15) is 0 Å². The highest BCUT2D eigenvalue weighted by molar-refractivity contribution is 6.31. The van der Waals surface area contributed by atoms with E-state index in [-0.39, 0.29) is 11.8 Å². The van der Waals surface area contributed by atoms with Gasteiger partial charge in [0.05, 0.1) is 11.0 Å². The number of hydrogen-bond acceptors (Lipinski definition) is 3. The Bertz CT molecular complexity index is 948. The summed E-state index contributed by atoms with van der Waals surface area (Å²) in [6.07, 6.45) is 1.67. The topological polar surface area (TPSA) is 61.0 Å². The molecule has 0 radical (unpaired) electrons. The van der Waals surface area contributed by atoms with Crippen LogP contribution in [-0.4, -0.2) is 35.5 Å². The highest BCUT2D eigenvalue weighted by Crippen LogP contribution is 2.25. The van der Waals surface area contributed by atoms with Crippen LogP contribution in [0, 0.1) is 5.92 Å². The maximum atomic E-state index is 12.6. The van der Waals surface area contributed by atoms with E-state index >= 15 is 0 Å². The van der Waals surface area contributed by atoms with Crippen LogP contribution in [-0.2, 0) is 4.79 Å². The van der Waals surface area contributed by atoms with Gasteiger partial charge in [-0.3, -0.25) is 4.79 Å². The first-order valence-electron chi connectivity index (χ1n) is 9.83. The van der Waals surface area contributed by atoms with E-state index in [9.17, 15) is 4.79 Å². The third kappa shape index (κ3) is 4.14. The van der Waals surface area contributed by atoms with Crippen LogP contribution in [0.3, 0.4) is 0 Å². The molecule has 2 aromatic carbocycles. The number of H-pyrrole nitrogens is 1. The Hall–Kier alpha value is -2.53. The number of aromatic nitrogens is 2. The van der Waals surface area contributed by atoms with Crippen molar-refractivity contribution in [2.24, 2.45) is 5.92 Å². The molecule has 3 aromatic rings. The van der Waals surface area contributed by atoms with Crippen LogP contribution in [0.25, 0.3) is 11.0 Å². The second-order valence-electron chi connectivity index (χ2n) is 7.54. The summed E-state index contributed by atoms with van der Waals surface area (Å²) in [5.74, 6) is 1.40. The first kappa shape index (κ1) is 18.8. The first-order chi connectivity index (χ1) is 13.6. The normalized spacial score (nSPS) is 16.3. The zero-order chi connectivity index (χ0) is 19.5. The van der Waals surface area contributed by atoms with Gasteiger partial charge in [0.1, 0.15) is 0 Å². The summed E-state index contributed by atoms with van der Waals surface area (Å²) in [7, 11) is 0. The van der Waals surface area contributed by atoms with E-state index < -0.39 is 0 Å². The average Bonchev–Trinajstić information content (AvgIpc) is 3.15. The van der Waals surface area contributed by atoms with Gasteiger partial charge in [0.25, 0.3) is 0 Å². The van der Waals surface area contributed by atoms with Crippen molar-refractivity contribution >= 4 is 34.5 Å². The Kier molecular flexibility index (Phi) is 5.53. The molecule has 0 spiro atoms. The monoisotopic (exact) mass is 396 g/mol. The third-order valence-corrected chi connectivity index (χ3v) is 5.78. The fraction of sp³-hybridized carbons (Fsp3) is 0.364. The number of hydrogen-bond donors (Lipinski definition) is 2. The Morgan fingerprint density at radius 3 is 2.75 bits per heavy atom. The van der Waals surface area contributed by atoms with Crippen LogP contribution >= 0.6 is 11.6 Å². The van der Waals surface area contributed by atoms with E-state index in [4.69, 9.17) is 11.6 Å². The number of fused-ring (bicyclic) bond motifs is 1. The molecule has 1 aliphatic rings. The van der Waals surface area contributed by atoms with Gasteiger partial charge < -0.3 is 15.2 Å². The van der Waals surface area contributed by atoms with Gasteiger partial charge >= 0.3 is 0 Å². The van der Waals surface area contributed by atoms with Crippen LogP contribution in [0.2, 0.25) is 5.02 Å². The summed E-state index contributed by atoms with van der Waals surface area (Å²) in [4.78, 5) is 22.8. The molecule has 1 amide bonds. The molecule has 2 heterocycles. The van der Waals surface area contributed by atoms with Gasteiger partial charge in [-0.1, -0.05) is 48.9 Å². The Morgan fingerprint density at radius 1 is 1.25 bits per heavy atom. The molecule has 1 aliphatic heterocycles. The number of carbonyl (C=O) groups excluding carboxylic acids is 1. The number of anilines is 1. The van der Waals surface area contributed by atoms with Gasteiger partial charge in [0.15, 0.2) is 0 Å². The van der Waals surface area contributed by atoms with Crippen LogP contribution < -0.4 is 10.2 Å². The number of amides is 1. The standard InChI is InChI=1S/C22H25ClN4O/c1-15(16-5-3-2-4-6-16)14-24-21(28)17-9-11-27(12-10-17)22-25-19-8-7-18(23)13-20(19)26-22/h2-8,13,15,17H,9-12,14H2,1H3,(H,24,28)(H,25,26)/t15-/m0/s1. The maximum absolute atomic E-state index is 12.6. The van der Waals surface area contributed by atoms with Crippen molar-refractivity contribution in [2.45, 2.75) is 25.7 Å². The summed E-state index contributed by atoms with van der Waals surface area (Å²) >= 11 is 6.05. The van der Waals surface area contributed by atoms with Crippen LogP contribution in [0.15, 0.2) is 48.5 Å². The SMILES string of the molecule is C[C@@H](CNC(=O)C1CCN(c2nc3ccc(Cl)cc3[nH]2)CC1)c1ccccc1. The molecule has 6 heteroatoms. The first-order valence-corrected chi connectivity index (χ1v) is 10.2. The molecular formula is C22H25ClN4O. The molecule has 0 saturated carbocycles. The third-order valence-electron chi connectivity index (χ3n) is 5.55. The Balaban J connectivity index is 1.30. The minimum Gasteiger partial charge on any atom is -0.355 e. The quantitative estimate of drug-likeness (QED) is 0.673. The number of nitrogens with one attached hydrogen (secondary N) is 2. The van der Waals surface area contributed by atoms with Crippen molar-refractivity contribution in [1.82, 2.24) is 15.3 Å². The molecule has 0 bridgehead atoms. The number of carbonyl (C=O) groups is 1. The lowest BCUT2D eigenvalue weighted by atomic mass is 9.95. The molecule has 4 rings (SSSR count). The van der Waals surface area contributed by atoms with Crippen LogP contribution in [0.4, 0.5) is 5.95 Å². The largest absolute Gasteiger partial charge is 0.355 e. The molecular weight excluding hydrogens is 372 g/mol. The van der Waals surface area contributed by atoms with Crippen molar-refractivity contribution in [3.8, 4) is 0 Å². The van der Waals surface area contributed by atoms with Crippen molar-refractivity contribution in [2.75, 3.05) is 24.5 Å². The highest BCUT2D eigenvalue weighted by Gasteiger charge is 2.26. The van der Waals surface area contributed by atoms with Gasteiger partial charge in [-0.25, -0.2) is 4.98 Å². The van der Waals surface area contributed by atoms with E-state index in [1.807, 2.05) is 36.4 Å². The summed E-state index contributed by atoms with van der Waals surface area (Å²) in [5, 5.41) is 3.83. The minimum atomic E-state index is 0.0676. The average molecular weight is 397 g/mol. The molecule has 146 valence electrons. The summed E-state index contributed by atoms with van der Waals surface area (Å²) in [5.41, 5.74) is 3.11. The molecule has 1 atom stereocenters. The molecule has 1 saturated heterocycles. The zero-order valence-corrected chi connectivity index (χ0v) is 16.7. The fourth-order valence-corrected chi connectivity index (χ4v) is 3.94. The molecule has 2 N–H and O–H groups in total. The zero-order valence-electron chi connectivity index (χ0n) is 16.0. The van der Waals surface area contributed by atoms with E-state index in [1.54, 1.807) is 0 Å². The van der Waals surface area contributed by atoms with E-state index in [0.717, 1.165) is 42.9 Å². The fourth-order valence-electron chi connectivity index (χ4n) is 3.77. The Morgan fingerprint density at radius 2 is 2.00 bits per heavy atom. The van der Waals surface area contributed by atoms with Crippen LogP contribution in [0.5, 0.6) is 0 Å². The van der Waals surface area contributed by atoms with Gasteiger partial charge in [-0.05, 0) is 42.5 Å². The van der Waals surface area contributed by atoms with Crippen molar-refractivity contribution in [3.05, 3.63) is 59.1 Å². The van der Waals surface area contributed by atoms with Gasteiger partial charge in [-0.15, -0.1) is 0 Å². The number of imidazole rings is 1. The lowest BCUT2D eigenvalue weighted by Gasteiger charge is -2.31. The van der Waals surface area contributed by atoms with E-state index in [2.05, 4.69) is 39.2 Å². The Labute approximate surface area is 170 Å². The smallest absolute Gasteiger partial charge is 0.223 e. The molecule has 1 aromatic heterocycles. The van der Waals surface area contributed by atoms with Gasteiger partial charge in [0, 0.05) is 30.6 Å². The second kappa shape index (κ2) is 8.23. The van der Waals surface area contributed by atoms with Crippen molar-refractivity contribution in [3.63, 3.8) is 0 Å². The maximum Gasteiger partial charge on any atom is 0.223 e. The van der Waals surface area contributed by atoms with Gasteiger partial charge in [0.2, 0.25) is 11.9 Å². The van der Waals surface area contributed by atoms with E-state index in [1.165, 1.54) is 5.56 Å². The number of nitrogens with zero attached hydrogens (tertiary/aromatic N) is 2. The molecule has 5 nitrogen and oxygen atoms in total. The molecule has 28 heavy (non-hydrogen) atoms. The lowest BCUT2D eigenvalue weighted by molar-refractivity contribution is -0.125. The number of benzene rings is 2. The van der Waals surface area contributed by atoms with Crippen LogP contribution in [0.1, 0.15) is 31.2 Å². The number of halogens is 1. The second-order valence-corrected chi connectivity index (χ2v) is 7.98. The van der Waals surface area contributed by atoms with Crippen molar-refractivity contribution in [1.29, 1.82) is 0 Å². The summed E-state index contributed by atoms with van der Waals surface area (Å²) in [6.45, 7) is 4.46. The molecule has 0 aliphatic carbocycles. The predicted molar refractivity (Wildman–Crippen MR) is 114 cm³/mol. The number of rotatable bonds is 5. The lowest BCUT2D eigenvalue weighted by Crippen LogP contribution is -2.41.